The number of aromatic hydroxyl groups is 2. The summed E-state index contributed by atoms with van der Waals surface area (Å²) < 4.78 is 0.956. The second-order valence-corrected chi connectivity index (χ2v) is 6.65. The fraction of sp³-hybridized carbons (Fsp3) is 0. The van der Waals surface area contributed by atoms with Crippen LogP contribution in [0.1, 0.15) is 5.56 Å². The summed E-state index contributed by atoms with van der Waals surface area (Å²) in [6.45, 7) is 0. The van der Waals surface area contributed by atoms with Gasteiger partial charge in [-0.2, -0.15) is 0 Å². The maximum atomic E-state index is 12.0. The summed E-state index contributed by atoms with van der Waals surface area (Å²) in [4.78, 5) is 16.8. The number of hydrogen-bond acceptors (Lipinski definition) is 5. The van der Waals surface area contributed by atoms with Crippen molar-refractivity contribution in [2.24, 2.45) is 4.99 Å². The number of nitrogens with one attached hydrogen (secondary N) is 1. The van der Waals surface area contributed by atoms with Gasteiger partial charge >= 0.3 is 0 Å². The molecule has 7 heteroatoms. The first kappa shape index (κ1) is 15.6. The smallest absolute Gasteiger partial charge is 0.264 e. The maximum absolute atomic E-state index is 12.0. The van der Waals surface area contributed by atoms with Gasteiger partial charge in [-0.3, -0.25) is 4.79 Å². The molecule has 116 valence electrons. The minimum atomic E-state index is -0.251. The van der Waals surface area contributed by atoms with Gasteiger partial charge in [0.1, 0.15) is 0 Å². The van der Waals surface area contributed by atoms with E-state index in [0.29, 0.717) is 15.6 Å². The lowest BCUT2D eigenvalue weighted by Crippen LogP contribution is -2.19. The first-order valence-corrected chi connectivity index (χ1v) is 8.19. The lowest BCUT2D eigenvalue weighted by Gasteiger charge is -1.99. The van der Waals surface area contributed by atoms with Crippen LogP contribution in [0.15, 0.2) is 56.8 Å². The first-order chi connectivity index (χ1) is 11.0. The molecule has 2 aromatic rings. The third-order valence-electron chi connectivity index (χ3n) is 3.01. The number of carbonyl (C=O) groups is 1. The highest BCUT2D eigenvalue weighted by Gasteiger charge is 2.23. The molecule has 0 spiro atoms. The number of phenols is 2. The summed E-state index contributed by atoms with van der Waals surface area (Å²) in [5, 5.41) is 22.0. The molecule has 5 nitrogen and oxygen atoms in total. The third kappa shape index (κ3) is 3.75. The largest absolute Gasteiger partial charge is 0.504 e. The number of thioether (sulfide) groups is 1. The molecule has 0 radical (unpaired) electrons. The van der Waals surface area contributed by atoms with Crippen molar-refractivity contribution < 1.29 is 15.0 Å². The van der Waals surface area contributed by atoms with Crippen LogP contribution in [0.25, 0.3) is 6.08 Å². The van der Waals surface area contributed by atoms with Crippen molar-refractivity contribution in [3.05, 3.63) is 57.4 Å². The molecule has 0 aromatic heterocycles. The van der Waals surface area contributed by atoms with E-state index in [4.69, 9.17) is 0 Å². The van der Waals surface area contributed by atoms with Gasteiger partial charge in [-0.15, -0.1) is 0 Å². The number of phenolic OH excluding ortho intramolecular Hbond substituents is 2. The quantitative estimate of drug-likeness (QED) is 0.538. The zero-order valence-electron chi connectivity index (χ0n) is 11.7. The van der Waals surface area contributed by atoms with Crippen LogP contribution in [0.2, 0.25) is 0 Å². The Morgan fingerprint density at radius 2 is 1.83 bits per heavy atom. The Labute approximate surface area is 144 Å². The molecular weight excluding hydrogens is 380 g/mol. The number of nitrogens with zero attached hydrogens (tertiary/aromatic N) is 1. The fourth-order valence-electron chi connectivity index (χ4n) is 1.90. The number of amidine groups is 1. The Morgan fingerprint density at radius 1 is 1.09 bits per heavy atom. The van der Waals surface area contributed by atoms with E-state index in [9.17, 15) is 15.0 Å². The molecule has 0 saturated carbocycles. The molecule has 0 unspecified atom stereocenters. The first-order valence-electron chi connectivity index (χ1n) is 6.58. The predicted molar refractivity (Wildman–Crippen MR) is 94.7 cm³/mol. The van der Waals surface area contributed by atoms with Crippen molar-refractivity contribution in [1.29, 1.82) is 0 Å². The molecule has 1 amide bonds. The van der Waals surface area contributed by atoms with Gasteiger partial charge in [-0.25, -0.2) is 4.99 Å². The molecule has 2 aromatic carbocycles. The number of carbonyl (C=O) groups excluding carboxylic acids is 1. The normalized spacial score (nSPS) is 17.7. The molecule has 1 fully saturated rings. The number of aliphatic imine (C=N–C) groups is 1. The highest BCUT2D eigenvalue weighted by molar-refractivity contribution is 9.10. The Balaban J connectivity index is 1.83. The zero-order valence-corrected chi connectivity index (χ0v) is 14.1. The van der Waals surface area contributed by atoms with Crippen molar-refractivity contribution in [2.75, 3.05) is 0 Å². The van der Waals surface area contributed by atoms with Crippen LogP contribution < -0.4 is 5.32 Å². The van der Waals surface area contributed by atoms with Gasteiger partial charge in [0.2, 0.25) is 0 Å². The number of amides is 1. The minimum Gasteiger partial charge on any atom is -0.504 e. The molecule has 1 aliphatic heterocycles. The summed E-state index contributed by atoms with van der Waals surface area (Å²) in [6.07, 6.45) is 1.63. The number of rotatable bonds is 2. The predicted octanol–water partition coefficient (Wildman–Crippen LogP) is 3.75. The number of hydrogen-bond donors (Lipinski definition) is 3. The van der Waals surface area contributed by atoms with Gasteiger partial charge in [-0.05, 0) is 59.8 Å². The molecule has 3 rings (SSSR count). The Morgan fingerprint density at radius 3 is 2.52 bits per heavy atom. The van der Waals surface area contributed by atoms with Crippen LogP contribution in [0, 0.1) is 0 Å². The van der Waals surface area contributed by atoms with E-state index in [0.717, 1.165) is 10.2 Å². The van der Waals surface area contributed by atoms with Crippen molar-refractivity contribution in [2.45, 2.75) is 0 Å². The van der Waals surface area contributed by atoms with Gasteiger partial charge < -0.3 is 15.5 Å². The van der Waals surface area contributed by atoms with Crippen LogP contribution >= 0.6 is 27.7 Å². The molecule has 1 aliphatic rings. The molecule has 0 atom stereocenters. The average molecular weight is 391 g/mol. The zero-order chi connectivity index (χ0) is 16.4. The van der Waals surface area contributed by atoms with E-state index in [1.54, 1.807) is 12.1 Å². The van der Waals surface area contributed by atoms with Gasteiger partial charge in [0.05, 0.1) is 10.6 Å². The van der Waals surface area contributed by atoms with E-state index >= 15 is 0 Å². The molecule has 1 saturated heterocycles. The molecule has 0 bridgehead atoms. The topological polar surface area (TPSA) is 81.9 Å². The summed E-state index contributed by atoms with van der Waals surface area (Å²) in [6, 6.07) is 11.8. The maximum Gasteiger partial charge on any atom is 0.264 e. The van der Waals surface area contributed by atoms with Gasteiger partial charge in [-0.1, -0.05) is 22.0 Å². The average Bonchev–Trinajstić information content (AvgIpc) is 2.85. The molecule has 3 N–H and O–H groups in total. The Hall–Kier alpha value is -2.25. The SMILES string of the molecule is O=C1NC(=Nc2ccc(Br)cc2)SC1=Cc1ccc(O)c(O)c1. The van der Waals surface area contributed by atoms with E-state index in [1.165, 1.54) is 23.9 Å². The van der Waals surface area contributed by atoms with Crippen molar-refractivity contribution in [3.63, 3.8) is 0 Å². The van der Waals surface area contributed by atoms with Crippen LogP contribution in [-0.4, -0.2) is 21.3 Å². The Kier molecular flexibility index (Phi) is 4.40. The van der Waals surface area contributed by atoms with Crippen molar-refractivity contribution in [3.8, 4) is 11.5 Å². The lowest BCUT2D eigenvalue weighted by atomic mass is 10.2. The molecule has 23 heavy (non-hydrogen) atoms. The van der Waals surface area contributed by atoms with Crippen LogP contribution in [0.3, 0.4) is 0 Å². The number of benzene rings is 2. The molecule has 1 heterocycles. The minimum absolute atomic E-state index is 0.201. The monoisotopic (exact) mass is 390 g/mol. The van der Waals surface area contributed by atoms with Crippen LogP contribution in [0.4, 0.5) is 5.69 Å². The molecular formula is C16H11BrN2O3S. The van der Waals surface area contributed by atoms with Gasteiger partial charge in [0.25, 0.3) is 5.91 Å². The van der Waals surface area contributed by atoms with Crippen LogP contribution in [0.5, 0.6) is 11.5 Å². The summed E-state index contributed by atoms with van der Waals surface area (Å²) in [5.74, 6) is -0.682. The van der Waals surface area contributed by atoms with Gasteiger partial charge in [0, 0.05) is 4.47 Å². The standard InChI is InChI=1S/C16H11BrN2O3S/c17-10-2-4-11(5-3-10)18-16-19-15(22)14(23-16)8-9-1-6-12(20)13(21)7-9/h1-8,20-21H,(H,18,19,22). The van der Waals surface area contributed by atoms with Crippen molar-refractivity contribution in [1.82, 2.24) is 5.32 Å². The highest BCUT2D eigenvalue weighted by atomic mass is 79.9. The lowest BCUT2D eigenvalue weighted by molar-refractivity contribution is -0.115. The highest BCUT2D eigenvalue weighted by Crippen LogP contribution is 2.31. The number of halogens is 1. The second kappa shape index (κ2) is 6.47. The summed E-state index contributed by atoms with van der Waals surface area (Å²) in [5.41, 5.74) is 1.35. The van der Waals surface area contributed by atoms with Crippen LogP contribution in [-0.2, 0) is 4.79 Å². The fourth-order valence-corrected chi connectivity index (χ4v) is 3.00. The summed E-state index contributed by atoms with van der Waals surface area (Å²) in [7, 11) is 0. The van der Waals surface area contributed by atoms with Gasteiger partial charge in [0.15, 0.2) is 16.7 Å². The van der Waals surface area contributed by atoms with Crippen molar-refractivity contribution >= 4 is 50.5 Å². The van der Waals surface area contributed by atoms with E-state index in [-0.39, 0.29) is 17.4 Å². The van der Waals surface area contributed by atoms with E-state index < -0.39 is 0 Å². The van der Waals surface area contributed by atoms with E-state index in [2.05, 4.69) is 26.2 Å². The Bertz CT molecular complexity index is 832. The summed E-state index contributed by atoms with van der Waals surface area (Å²) >= 11 is 4.57. The second-order valence-electron chi connectivity index (χ2n) is 4.71. The third-order valence-corrected chi connectivity index (χ3v) is 4.44. The molecule has 0 aliphatic carbocycles. The van der Waals surface area contributed by atoms with E-state index in [1.807, 2.05) is 24.3 Å².